The second-order valence-corrected chi connectivity index (χ2v) is 4.83. The number of amides is 2. The standard InChI is InChI=1S/C11H16N2O4/c1-11(10(16)17)5-2-6-13(11)9(15)7-3-4-8(14)12-7/h7H,2-6H2,1H3,(H,12,14)(H,16,17)/t7-,11?/m1/s1. The van der Waals surface area contributed by atoms with E-state index in [9.17, 15) is 19.5 Å². The fourth-order valence-electron chi connectivity index (χ4n) is 2.53. The van der Waals surface area contributed by atoms with Crippen molar-refractivity contribution < 1.29 is 19.5 Å². The van der Waals surface area contributed by atoms with Crippen LogP contribution in [0, 0.1) is 0 Å². The van der Waals surface area contributed by atoms with Gasteiger partial charge in [0, 0.05) is 13.0 Å². The summed E-state index contributed by atoms with van der Waals surface area (Å²) in [4.78, 5) is 35.9. The van der Waals surface area contributed by atoms with Gasteiger partial charge < -0.3 is 15.3 Å². The Balaban J connectivity index is 2.14. The third-order valence-corrected chi connectivity index (χ3v) is 3.66. The molecule has 2 N–H and O–H groups in total. The molecule has 2 fully saturated rings. The van der Waals surface area contributed by atoms with Crippen LogP contribution in [0.4, 0.5) is 0 Å². The van der Waals surface area contributed by atoms with Crippen LogP contribution in [0.5, 0.6) is 0 Å². The van der Waals surface area contributed by atoms with Gasteiger partial charge in [-0.15, -0.1) is 0 Å². The van der Waals surface area contributed by atoms with Gasteiger partial charge >= 0.3 is 5.97 Å². The fraction of sp³-hybridized carbons (Fsp3) is 0.727. The van der Waals surface area contributed by atoms with Crippen LogP contribution >= 0.6 is 0 Å². The molecular formula is C11H16N2O4. The van der Waals surface area contributed by atoms with Crippen LogP contribution in [0.15, 0.2) is 0 Å². The maximum Gasteiger partial charge on any atom is 0.329 e. The van der Waals surface area contributed by atoms with Gasteiger partial charge in [-0.1, -0.05) is 0 Å². The minimum Gasteiger partial charge on any atom is -0.480 e. The third-order valence-electron chi connectivity index (χ3n) is 3.66. The molecule has 17 heavy (non-hydrogen) atoms. The number of carbonyl (C=O) groups excluding carboxylic acids is 2. The SMILES string of the molecule is CC1(C(=O)O)CCCN1C(=O)[C@H]1CCC(=O)N1. The summed E-state index contributed by atoms with van der Waals surface area (Å²) in [6, 6.07) is -0.542. The molecule has 0 aliphatic carbocycles. The van der Waals surface area contributed by atoms with Crippen LogP contribution in [0.25, 0.3) is 0 Å². The first-order chi connectivity index (χ1) is 7.95. The number of rotatable bonds is 2. The third kappa shape index (κ3) is 1.87. The molecule has 0 aromatic rings. The zero-order valence-corrected chi connectivity index (χ0v) is 9.73. The Morgan fingerprint density at radius 2 is 2.24 bits per heavy atom. The Kier molecular flexibility index (Phi) is 2.81. The molecule has 2 saturated heterocycles. The summed E-state index contributed by atoms with van der Waals surface area (Å²) in [5, 5.41) is 11.8. The molecule has 0 radical (unpaired) electrons. The predicted molar refractivity (Wildman–Crippen MR) is 58.2 cm³/mol. The molecule has 2 heterocycles. The second-order valence-electron chi connectivity index (χ2n) is 4.83. The van der Waals surface area contributed by atoms with E-state index in [1.54, 1.807) is 6.92 Å². The maximum atomic E-state index is 12.2. The van der Waals surface area contributed by atoms with Crippen LogP contribution in [0.1, 0.15) is 32.6 Å². The second kappa shape index (κ2) is 4.01. The molecule has 0 saturated carbocycles. The number of likely N-dealkylation sites (tertiary alicyclic amines) is 1. The summed E-state index contributed by atoms with van der Waals surface area (Å²) in [6.07, 6.45) is 1.96. The Bertz CT molecular complexity index is 382. The van der Waals surface area contributed by atoms with E-state index in [0.29, 0.717) is 32.2 Å². The molecule has 0 spiro atoms. The highest BCUT2D eigenvalue weighted by Crippen LogP contribution is 2.30. The van der Waals surface area contributed by atoms with Crippen LogP contribution < -0.4 is 5.32 Å². The van der Waals surface area contributed by atoms with E-state index in [-0.39, 0.29) is 11.8 Å². The number of carboxylic acids is 1. The maximum absolute atomic E-state index is 12.2. The summed E-state index contributed by atoms with van der Waals surface area (Å²) in [5.41, 5.74) is -1.12. The van der Waals surface area contributed by atoms with Gasteiger partial charge in [-0.05, 0) is 26.2 Å². The summed E-state index contributed by atoms with van der Waals surface area (Å²) < 4.78 is 0. The van der Waals surface area contributed by atoms with Crippen molar-refractivity contribution >= 4 is 17.8 Å². The molecule has 94 valence electrons. The lowest BCUT2D eigenvalue weighted by Crippen LogP contribution is -2.55. The average molecular weight is 240 g/mol. The van der Waals surface area contributed by atoms with Gasteiger partial charge in [-0.2, -0.15) is 0 Å². The van der Waals surface area contributed by atoms with Gasteiger partial charge in [-0.3, -0.25) is 9.59 Å². The first kappa shape index (κ1) is 11.9. The van der Waals surface area contributed by atoms with Crippen LogP contribution in [-0.4, -0.2) is 45.9 Å². The highest BCUT2D eigenvalue weighted by Gasteiger charge is 2.48. The van der Waals surface area contributed by atoms with E-state index in [4.69, 9.17) is 0 Å². The highest BCUT2D eigenvalue weighted by atomic mass is 16.4. The van der Waals surface area contributed by atoms with Crippen LogP contribution in [0.3, 0.4) is 0 Å². The number of carbonyl (C=O) groups is 3. The summed E-state index contributed by atoms with van der Waals surface area (Å²) in [5.74, 6) is -1.38. The number of hydrogen-bond acceptors (Lipinski definition) is 3. The summed E-state index contributed by atoms with van der Waals surface area (Å²) in [7, 11) is 0. The van der Waals surface area contributed by atoms with E-state index in [0.717, 1.165) is 0 Å². The van der Waals surface area contributed by atoms with Gasteiger partial charge in [0.1, 0.15) is 11.6 Å². The molecule has 2 aliphatic rings. The fourth-order valence-corrected chi connectivity index (χ4v) is 2.53. The lowest BCUT2D eigenvalue weighted by Gasteiger charge is -2.32. The van der Waals surface area contributed by atoms with E-state index in [1.807, 2.05) is 0 Å². The zero-order chi connectivity index (χ0) is 12.6. The van der Waals surface area contributed by atoms with Crippen molar-refractivity contribution in [3.05, 3.63) is 0 Å². The summed E-state index contributed by atoms with van der Waals surface area (Å²) in [6.45, 7) is 2.02. The van der Waals surface area contributed by atoms with E-state index < -0.39 is 17.6 Å². The molecule has 2 atom stereocenters. The smallest absolute Gasteiger partial charge is 0.329 e. The largest absolute Gasteiger partial charge is 0.480 e. The van der Waals surface area contributed by atoms with Gasteiger partial charge in [0.2, 0.25) is 11.8 Å². The van der Waals surface area contributed by atoms with Crippen molar-refractivity contribution in [3.63, 3.8) is 0 Å². The van der Waals surface area contributed by atoms with Crippen LogP contribution in [-0.2, 0) is 14.4 Å². The Morgan fingerprint density at radius 3 is 2.76 bits per heavy atom. The van der Waals surface area contributed by atoms with Crippen molar-refractivity contribution in [3.8, 4) is 0 Å². The molecule has 2 aliphatic heterocycles. The number of nitrogens with zero attached hydrogens (tertiary/aromatic N) is 1. The molecule has 6 nitrogen and oxygen atoms in total. The monoisotopic (exact) mass is 240 g/mol. The molecule has 0 aromatic carbocycles. The quantitative estimate of drug-likeness (QED) is 0.695. The van der Waals surface area contributed by atoms with Gasteiger partial charge in [0.25, 0.3) is 0 Å². The number of hydrogen-bond donors (Lipinski definition) is 2. The predicted octanol–water partition coefficient (Wildman–Crippen LogP) is -0.269. The normalized spacial score (nSPS) is 32.6. The minimum absolute atomic E-state index is 0.139. The molecule has 6 heteroatoms. The molecule has 0 aromatic heterocycles. The van der Waals surface area contributed by atoms with Crippen molar-refractivity contribution in [2.75, 3.05) is 6.54 Å². The van der Waals surface area contributed by atoms with Gasteiger partial charge in [0.05, 0.1) is 0 Å². The van der Waals surface area contributed by atoms with E-state index in [2.05, 4.69) is 5.32 Å². The van der Waals surface area contributed by atoms with Gasteiger partial charge in [0.15, 0.2) is 0 Å². The van der Waals surface area contributed by atoms with Crippen LogP contribution in [0.2, 0.25) is 0 Å². The van der Waals surface area contributed by atoms with Crippen molar-refractivity contribution in [1.82, 2.24) is 10.2 Å². The molecule has 2 rings (SSSR count). The Hall–Kier alpha value is -1.59. The van der Waals surface area contributed by atoms with Crippen molar-refractivity contribution in [1.29, 1.82) is 0 Å². The average Bonchev–Trinajstić information content (AvgIpc) is 2.85. The number of nitrogens with one attached hydrogen (secondary N) is 1. The van der Waals surface area contributed by atoms with E-state index in [1.165, 1.54) is 4.90 Å². The number of carboxylic acid groups (broad SMARTS) is 1. The summed E-state index contributed by atoms with van der Waals surface area (Å²) >= 11 is 0. The molecular weight excluding hydrogens is 224 g/mol. The lowest BCUT2D eigenvalue weighted by atomic mass is 9.98. The lowest BCUT2D eigenvalue weighted by molar-refractivity contribution is -0.156. The molecule has 0 bridgehead atoms. The topological polar surface area (TPSA) is 86.7 Å². The first-order valence-electron chi connectivity index (χ1n) is 5.79. The first-order valence-corrected chi connectivity index (χ1v) is 5.79. The molecule has 1 unspecified atom stereocenters. The minimum atomic E-state index is -1.12. The van der Waals surface area contributed by atoms with Crippen molar-refractivity contribution in [2.24, 2.45) is 0 Å². The molecule has 2 amide bonds. The Labute approximate surface area is 99.0 Å². The van der Waals surface area contributed by atoms with Crippen molar-refractivity contribution in [2.45, 2.75) is 44.2 Å². The van der Waals surface area contributed by atoms with Gasteiger partial charge in [-0.25, -0.2) is 4.79 Å². The van der Waals surface area contributed by atoms with E-state index >= 15 is 0 Å². The number of aliphatic carboxylic acids is 1. The zero-order valence-electron chi connectivity index (χ0n) is 9.73. The highest BCUT2D eigenvalue weighted by molar-refractivity contribution is 5.94. The Morgan fingerprint density at radius 1 is 1.53 bits per heavy atom.